The van der Waals surface area contributed by atoms with E-state index < -0.39 is 5.92 Å². The van der Waals surface area contributed by atoms with Crippen LogP contribution < -0.4 is 4.90 Å². The summed E-state index contributed by atoms with van der Waals surface area (Å²) in [4.78, 5) is 6.60. The molecule has 0 aromatic heterocycles. The van der Waals surface area contributed by atoms with E-state index in [0.717, 1.165) is 16.9 Å². The average Bonchev–Trinajstić information content (AvgIpc) is 2.95. The molecule has 0 bridgehead atoms. The first-order valence-corrected chi connectivity index (χ1v) is 7.32. The summed E-state index contributed by atoms with van der Waals surface area (Å²) in [6.07, 6.45) is 0. The monoisotopic (exact) mass is 301 g/mol. The van der Waals surface area contributed by atoms with Gasteiger partial charge in [0.1, 0.15) is 12.1 Å². The van der Waals surface area contributed by atoms with E-state index in [1.807, 2.05) is 42.3 Å². The normalized spacial score (nSPS) is 21.0. The van der Waals surface area contributed by atoms with Crippen LogP contribution >= 0.6 is 0 Å². The summed E-state index contributed by atoms with van der Waals surface area (Å²) >= 11 is 0. The summed E-state index contributed by atoms with van der Waals surface area (Å²) in [5, 5.41) is 28.0. The summed E-state index contributed by atoms with van der Waals surface area (Å²) in [6, 6.07) is 13.8. The lowest BCUT2D eigenvalue weighted by Crippen LogP contribution is -2.43. The number of hydrogen-bond acceptors (Lipinski definition) is 5. The molecule has 0 unspecified atom stereocenters. The van der Waals surface area contributed by atoms with Gasteiger partial charge in [0.15, 0.2) is 5.92 Å². The molecule has 0 fully saturated rings. The third kappa shape index (κ3) is 1.86. The van der Waals surface area contributed by atoms with Crippen molar-refractivity contribution in [1.29, 1.82) is 15.8 Å². The van der Waals surface area contributed by atoms with Gasteiger partial charge in [-0.15, -0.1) is 0 Å². The highest BCUT2D eigenvalue weighted by molar-refractivity contribution is 6.11. The molecule has 0 saturated carbocycles. The molecular weight excluding hydrogens is 286 g/mol. The number of allylic oxidation sites excluding steroid dienone is 1. The second-order valence-electron chi connectivity index (χ2n) is 6.28. The van der Waals surface area contributed by atoms with E-state index in [1.165, 1.54) is 0 Å². The maximum Gasteiger partial charge on any atom is 0.175 e. The quantitative estimate of drug-likeness (QED) is 0.798. The molecule has 3 rings (SSSR count). The number of likely N-dealkylation sites (N-methyl/N-ethyl adjacent to an activating group) is 1. The third-order valence-corrected chi connectivity index (χ3v) is 4.69. The van der Waals surface area contributed by atoms with Crippen molar-refractivity contribution in [2.45, 2.75) is 25.3 Å². The van der Waals surface area contributed by atoms with Gasteiger partial charge >= 0.3 is 0 Å². The number of nitrogens with zero attached hydrogens (tertiary/aromatic N) is 5. The molecule has 2 heterocycles. The summed E-state index contributed by atoms with van der Waals surface area (Å²) in [7, 11) is 1.90. The van der Waals surface area contributed by atoms with Gasteiger partial charge in [0.2, 0.25) is 0 Å². The highest BCUT2D eigenvalue weighted by Crippen LogP contribution is 2.48. The van der Waals surface area contributed by atoms with Gasteiger partial charge in [0.05, 0.1) is 29.1 Å². The van der Waals surface area contributed by atoms with Gasteiger partial charge in [0, 0.05) is 18.2 Å². The molecule has 23 heavy (non-hydrogen) atoms. The van der Waals surface area contributed by atoms with E-state index >= 15 is 0 Å². The Morgan fingerprint density at radius 2 is 1.83 bits per heavy atom. The number of rotatable bonds is 1. The first-order valence-electron chi connectivity index (χ1n) is 7.32. The van der Waals surface area contributed by atoms with E-state index in [-0.39, 0.29) is 11.5 Å². The molecule has 0 radical (unpaired) electrons. The SMILES string of the molecule is CN1C2=C(C#N)C(C(C#N)C#N)=N[C@H]2C(C)(C)c2ccccc21. The van der Waals surface area contributed by atoms with Gasteiger partial charge in [-0.2, -0.15) is 15.8 Å². The second-order valence-corrected chi connectivity index (χ2v) is 6.28. The maximum atomic E-state index is 9.62. The fraction of sp³-hybridized carbons (Fsp3) is 0.333. The lowest BCUT2D eigenvalue weighted by atomic mass is 9.72. The smallest absolute Gasteiger partial charge is 0.175 e. The van der Waals surface area contributed by atoms with Crippen LogP contribution in [-0.2, 0) is 5.41 Å². The largest absolute Gasteiger partial charge is 0.345 e. The topological polar surface area (TPSA) is 87.0 Å². The molecule has 5 heteroatoms. The molecule has 2 aliphatic rings. The van der Waals surface area contributed by atoms with Crippen LogP contribution in [0, 0.1) is 39.9 Å². The Morgan fingerprint density at radius 1 is 1.17 bits per heavy atom. The van der Waals surface area contributed by atoms with E-state index in [9.17, 15) is 15.8 Å². The minimum Gasteiger partial charge on any atom is -0.345 e. The van der Waals surface area contributed by atoms with Crippen molar-refractivity contribution < 1.29 is 0 Å². The van der Waals surface area contributed by atoms with Crippen LogP contribution in [0.3, 0.4) is 0 Å². The lowest BCUT2D eigenvalue weighted by molar-refractivity contribution is 0.437. The van der Waals surface area contributed by atoms with Gasteiger partial charge in [-0.25, -0.2) is 0 Å². The second kappa shape index (κ2) is 4.97. The van der Waals surface area contributed by atoms with Gasteiger partial charge in [-0.05, 0) is 11.6 Å². The van der Waals surface area contributed by atoms with E-state index in [1.54, 1.807) is 0 Å². The van der Waals surface area contributed by atoms with E-state index in [0.29, 0.717) is 11.3 Å². The predicted octanol–water partition coefficient (Wildman–Crippen LogP) is 2.68. The molecular formula is C18H15N5. The lowest BCUT2D eigenvalue weighted by Gasteiger charge is -2.43. The van der Waals surface area contributed by atoms with Crippen LogP contribution in [0.25, 0.3) is 0 Å². The van der Waals surface area contributed by atoms with Crippen molar-refractivity contribution in [2.75, 3.05) is 11.9 Å². The van der Waals surface area contributed by atoms with Crippen molar-refractivity contribution in [2.24, 2.45) is 10.9 Å². The number of benzene rings is 1. The molecule has 112 valence electrons. The van der Waals surface area contributed by atoms with Crippen LogP contribution in [0.2, 0.25) is 0 Å². The molecule has 2 aliphatic heterocycles. The Hall–Kier alpha value is -3.10. The highest BCUT2D eigenvalue weighted by atomic mass is 15.2. The number of hydrogen-bond donors (Lipinski definition) is 0. The number of anilines is 1. The zero-order chi connectivity index (χ0) is 16.8. The number of para-hydroxylation sites is 1. The van der Waals surface area contributed by atoms with Crippen LogP contribution in [0.5, 0.6) is 0 Å². The Balaban J connectivity index is 2.29. The molecule has 0 spiro atoms. The van der Waals surface area contributed by atoms with Crippen LogP contribution in [0.4, 0.5) is 5.69 Å². The van der Waals surface area contributed by atoms with Gasteiger partial charge in [-0.1, -0.05) is 32.0 Å². The number of nitriles is 3. The molecule has 1 atom stereocenters. The minimum atomic E-state index is -1.02. The number of aliphatic imine (C=N–C) groups is 1. The average molecular weight is 301 g/mol. The summed E-state index contributed by atoms with van der Waals surface area (Å²) in [5.41, 5.74) is 3.28. The predicted molar refractivity (Wildman–Crippen MR) is 86.4 cm³/mol. The molecule has 5 nitrogen and oxygen atoms in total. The summed E-state index contributed by atoms with van der Waals surface area (Å²) in [6.45, 7) is 4.16. The first-order chi connectivity index (χ1) is 11.0. The Bertz CT molecular complexity index is 856. The van der Waals surface area contributed by atoms with Crippen LogP contribution in [-0.4, -0.2) is 18.8 Å². The van der Waals surface area contributed by atoms with Gasteiger partial charge < -0.3 is 4.90 Å². The van der Waals surface area contributed by atoms with Crippen LogP contribution in [0.1, 0.15) is 19.4 Å². The molecule has 0 amide bonds. The summed E-state index contributed by atoms with van der Waals surface area (Å²) < 4.78 is 0. The van der Waals surface area contributed by atoms with Gasteiger partial charge in [0.25, 0.3) is 0 Å². The van der Waals surface area contributed by atoms with Crippen molar-refractivity contribution in [3.05, 3.63) is 41.1 Å². The Kier molecular flexibility index (Phi) is 3.20. The first kappa shape index (κ1) is 14.8. The van der Waals surface area contributed by atoms with Crippen molar-refractivity contribution >= 4 is 11.4 Å². The van der Waals surface area contributed by atoms with Crippen molar-refractivity contribution in [3.8, 4) is 18.2 Å². The zero-order valence-electron chi connectivity index (χ0n) is 13.2. The molecule has 0 saturated heterocycles. The molecule has 1 aromatic carbocycles. The Labute approximate surface area is 135 Å². The van der Waals surface area contributed by atoms with Crippen molar-refractivity contribution in [1.82, 2.24) is 0 Å². The third-order valence-electron chi connectivity index (χ3n) is 4.69. The number of fused-ring (bicyclic) bond motifs is 2. The fourth-order valence-corrected chi connectivity index (χ4v) is 3.46. The molecule has 0 aliphatic carbocycles. The maximum absolute atomic E-state index is 9.62. The zero-order valence-corrected chi connectivity index (χ0v) is 13.2. The highest BCUT2D eigenvalue weighted by Gasteiger charge is 2.48. The fourth-order valence-electron chi connectivity index (χ4n) is 3.46. The van der Waals surface area contributed by atoms with E-state index in [2.05, 4.69) is 31.0 Å². The Morgan fingerprint density at radius 3 is 2.43 bits per heavy atom. The summed E-state index contributed by atoms with van der Waals surface area (Å²) in [5.74, 6) is -1.02. The van der Waals surface area contributed by atoms with Gasteiger partial charge in [-0.3, -0.25) is 4.99 Å². The van der Waals surface area contributed by atoms with Crippen LogP contribution in [0.15, 0.2) is 40.5 Å². The standard InChI is InChI=1S/C18H15N5/c1-18(2)13-6-4-5-7-14(13)23(3)16-12(10-21)15(22-17(16)18)11(8-19)9-20/h4-7,11,17H,1-3H3/t17-/m1/s1. The van der Waals surface area contributed by atoms with Crippen molar-refractivity contribution in [3.63, 3.8) is 0 Å². The molecule has 0 N–H and O–H groups in total. The van der Waals surface area contributed by atoms with E-state index in [4.69, 9.17) is 0 Å². The minimum absolute atomic E-state index is 0.267. The molecule has 1 aromatic rings.